The Morgan fingerprint density at radius 2 is 1.67 bits per heavy atom. The van der Waals surface area contributed by atoms with Crippen LogP contribution in [0.2, 0.25) is 0 Å². The van der Waals surface area contributed by atoms with E-state index in [2.05, 4.69) is 5.32 Å². The van der Waals surface area contributed by atoms with Gasteiger partial charge < -0.3 is 19.6 Å². The zero-order valence-corrected chi connectivity index (χ0v) is 16.8. The number of hydrogen-bond donors (Lipinski definition) is 2. The third-order valence-corrected chi connectivity index (χ3v) is 6.28. The lowest BCUT2D eigenvalue weighted by Gasteiger charge is -2.27. The maximum atomic E-state index is 13.2. The van der Waals surface area contributed by atoms with Crippen molar-refractivity contribution in [1.29, 1.82) is 0 Å². The van der Waals surface area contributed by atoms with Crippen molar-refractivity contribution in [1.82, 2.24) is 5.32 Å². The van der Waals surface area contributed by atoms with E-state index in [0.717, 1.165) is 20.9 Å². The molecule has 0 aliphatic carbocycles. The zero-order chi connectivity index (χ0) is 20.5. The summed E-state index contributed by atoms with van der Waals surface area (Å²) in [6, 6.07) is 22.5. The first-order valence-electron chi connectivity index (χ1n) is 9.64. The van der Waals surface area contributed by atoms with E-state index in [9.17, 15) is 9.90 Å². The molecule has 0 saturated heterocycles. The summed E-state index contributed by atoms with van der Waals surface area (Å²) in [6.07, 6.45) is 0.736. The van der Waals surface area contributed by atoms with Crippen LogP contribution in [0, 0.1) is 0 Å². The minimum atomic E-state index is -0.802. The summed E-state index contributed by atoms with van der Waals surface area (Å²) in [5.41, 5.74) is 1.71. The van der Waals surface area contributed by atoms with Gasteiger partial charge in [0.05, 0.1) is 18.7 Å². The van der Waals surface area contributed by atoms with Crippen LogP contribution in [0.4, 0.5) is 0 Å². The van der Waals surface area contributed by atoms with Crippen LogP contribution in [0.5, 0.6) is 11.5 Å². The first-order chi connectivity index (χ1) is 14.7. The summed E-state index contributed by atoms with van der Waals surface area (Å²) in [5.74, 6) is 1.40. The number of rotatable bonds is 5. The van der Waals surface area contributed by atoms with E-state index in [1.807, 2.05) is 60.7 Å². The molecule has 1 aliphatic rings. The molecule has 2 aromatic heterocycles. The minimum absolute atomic E-state index is 0.0836. The monoisotopic (exact) mass is 417 g/mol. The number of carbonyl (C=O) groups excluding carboxylic acids is 1. The van der Waals surface area contributed by atoms with E-state index in [4.69, 9.17) is 9.15 Å². The first-order valence-corrected chi connectivity index (χ1v) is 10.5. The summed E-state index contributed by atoms with van der Waals surface area (Å²) in [4.78, 5) is 14.9. The SMILES string of the molecule is O=C(NCc1ccc([C@@H](O)c2ccco2)s1)C1c2ccccc2Oc2ccccc21. The molecule has 2 aromatic carbocycles. The quantitative estimate of drug-likeness (QED) is 0.481. The number of nitrogens with one attached hydrogen (secondary N) is 1. The second-order valence-electron chi connectivity index (χ2n) is 7.05. The minimum Gasteiger partial charge on any atom is -0.466 e. The number of furan rings is 1. The number of ether oxygens (including phenoxy) is 1. The fraction of sp³-hybridized carbons (Fsp3) is 0.125. The molecule has 0 fully saturated rings. The summed E-state index contributed by atoms with van der Waals surface area (Å²) in [5, 5.41) is 13.5. The first kappa shape index (κ1) is 18.7. The van der Waals surface area contributed by atoms with Crippen LogP contribution >= 0.6 is 11.3 Å². The number of hydrogen-bond acceptors (Lipinski definition) is 5. The van der Waals surface area contributed by atoms with Crippen molar-refractivity contribution in [3.05, 3.63) is 106 Å². The Bertz CT molecular complexity index is 1140. The molecule has 0 radical (unpaired) electrons. The number of benzene rings is 2. The van der Waals surface area contributed by atoms with Crippen LogP contribution in [0.15, 0.2) is 83.5 Å². The highest BCUT2D eigenvalue weighted by Crippen LogP contribution is 2.44. The summed E-state index contributed by atoms with van der Waals surface area (Å²) < 4.78 is 11.2. The number of para-hydroxylation sites is 2. The molecule has 0 spiro atoms. The third-order valence-electron chi connectivity index (χ3n) is 5.14. The van der Waals surface area contributed by atoms with Crippen molar-refractivity contribution >= 4 is 17.2 Å². The van der Waals surface area contributed by atoms with Crippen LogP contribution in [0.25, 0.3) is 0 Å². The summed E-state index contributed by atoms with van der Waals surface area (Å²) in [7, 11) is 0. The standard InChI is InChI=1S/C24H19NO4S/c26-23(20-10-5-13-28-20)21-12-11-15(30-21)14-25-24(27)22-16-6-1-3-8-18(16)29-19-9-4-2-7-17(19)22/h1-13,22-23,26H,14H2,(H,25,27)/t23-/m0/s1. The average Bonchev–Trinajstić information content (AvgIpc) is 3.48. The van der Waals surface area contributed by atoms with E-state index in [-0.39, 0.29) is 5.91 Å². The predicted octanol–water partition coefficient (Wildman–Crippen LogP) is 4.98. The van der Waals surface area contributed by atoms with E-state index in [0.29, 0.717) is 23.8 Å². The van der Waals surface area contributed by atoms with E-state index >= 15 is 0 Å². The lowest BCUT2D eigenvalue weighted by atomic mass is 9.87. The Kier molecular flexibility index (Phi) is 4.86. The molecule has 0 unspecified atom stereocenters. The second-order valence-corrected chi connectivity index (χ2v) is 8.25. The summed E-state index contributed by atoms with van der Waals surface area (Å²) >= 11 is 1.45. The van der Waals surface area contributed by atoms with Crippen molar-refractivity contribution in [3.8, 4) is 11.5 Å². The highest BCUT2D eigenvalue weighted by Gasteiger charge is 2.32. The van der Waals surface area contributed by atoms with Crippen LogP contribution in [-0.2, 0) is 11.3 Å². The maximum absolute atomic E-state index is 13.2. The fourth-order valence-electron chi connectivity index (χ4n) is 3.69. The molecule has 5 nitrogen and oxygen atoms in total. The highest BCUT2D eigenvalue weighted by molar-refractivity contribution is 7.12. The zero-order valence-electron chi connectivity index (χ0n) is 15.9. The Hall–Kier alpha value is -3.35. The molecule has 4 aromatic rings. The van der Waals surface area contributed by atoms with Crippen LogP contribution in [-0.4, -0.2) is 11.0 Å². The smallest absolute Gasteiger partial charge is 0.232 e. The average molecular weight is 417 g/mol. The molecule has 30 heavy (non-hydrogen) atoms. The molecule has 1 atom stereocenters. The van der Waals surface area contributed by atoms with Crippen molar-refractivity contribution in [2.45, 2.75) is 18.6 Å². The lowest BCUT2D eigenvalue weighted by Crippen LogP contribution is -2.31. The van der Waals surface area contributed by atoms with Gasteiger partial charge in [-0.3, -0.25) is 4.79 Å². The molecule has 3 heterocycles. The van der Waals surface area contributed by atoms with E-state index in [1.54, 1.807) is 12.1 Å². The van der Waals surface area contributed by atoms with Crippen LogP contribution in [0.3, 0.4) is 0 Å². The van der Waals surface area contributed by atoms with E-state index in [1.165, 1.54) is 17.6 Å². The normalized spacial score (nSPS) is 13.8. The Labute approximate surface area is 177 Å². The third kappa shape index (κ3) is 3.40. The molecule has 0 bridgehead atoms. The molecule has 1 amide bonds. The largest absolute Gasteiger partial charge is 0.466 e. The molecular weight excluding hydrogens is 398 g/mol. The van der Waals surface area contributed by atoms with Gasteiger partial charge in [-0.05, 0) is 36.4 Å². The van der Waals surface area contributed by atoms with Gasteiger partial charge in [0.15, 0.2) is 0 Å². The van der Waals surface area contributed by atoms with Crippen molar-refractivity contribution < 1.29 is 19.1 Å². The number of thiophene rings is 1. The molecule has 1 aliphatic heterocycles. The van der Waals surface area contributed by atoms with Gasteiger partial charge in [0.25, 0.3) is 0 Å². The Balaban J connectivity index is 1.34. The fourth-order valence-corrected chi connectivity index (χ4v) is 4.64. The van der Waals surface area contributed by atoms with E-state index < -0.39 is 12.0 Å². The van der Waals surface area contributed by atoms with Gasteiger partial charge >= 0.3 is 0 Å². The second kappa shape index (κ2) is 7.82. The molecule has 2 N–H and O–H groups in total. The number of amides is 1. The van der Waals surface area contributed by atoms with Crippen LogP contribution < -0.4 is 10.1 Å². The van der Waals surface area contributed by atoms with Gasteiger partial charge in [0.1, 0.15) is 23.4 Å². The molecular formula is C24H19NO4S. The molecule has 150 valence electrons. The molecule has 6 heteroatoms. The van der Waals surface area contributed by atoms with Gasteiger partial charge in [0.2, 0.25) is 5.91 Å². The predicted molar refractivity (Wildman–Crippen MR) is 114 cm³/mol. The van der Waals surface area contributed by atoms with Gasteiger partial charge in [-0.15, -0.1) is 11.3 Å². The van der Waals surface area contributed by atoms with Crippen LogP contribution in [0.1, 0.15) is 38.7 Å². The topological polar surface area (TPSA) is 71.7 Å². The lowest BCUT2D eigenvalue weighted by molar-refractivity contribution is -0.122. The van der Waals surface area contributed by atoms with Crippen molar-refractivity contribution in [2.24, 2.45) is 0 Å². The van der Waals surface area contributed by atoms with Gasteiger partial charge in [-0.1, -0.05) is 36.4 Å². The van der Waals surface area contributed by atoms with Gasteiger partial charge in [-0.25, -0.2) is 0 Å². The Morgan fingerprint density at radius 3 is 2.33 bits per heavy atom. The number of carbonyl (C=O) groups is 1. The summed E-state index contributed by atoms with van der Waals surface area (Å²) in [6.45, 7) is 0.385. The number of aliphatic hydroxyl groups excluding tert-OH is 1. The Morgan fingerprint density at radius 1 is 0.967 bits per heavy atom. The highest BCUT2D eigenvalue weighted by atomic mass is 32.1. The van der Waals surface area contributed by atoms with Crippen molar-refractivity contribution in [3.63, 3.8) is 0 Å². The molecule has 5 rings (SSSR count). The van der Waals surface area contributed by atoms with Gasteiger partial charge in [-0.2, -0.15) is 0 Å². The molecule has 0 saturated carbocycles. The maximum Gasteiger partial charge on any atom is 0.232 e. The number of aliphatic hydroxyl groups is 1. The number of fused-ring (bicyclic) bond motifs is 2. The van der Waals surface area contributed by atoms with Crippen molar-refractivity contribution in [2.75, 3.05) is 0 Å². The van der Waals surface area contributed by atoms with Gasteiger partial charge in [0, 0.05) is 20.9 Å².